The van der Waals surface area contributed by atoms with Crippen LogP contribution < -0.4 is 0 Å². The first-order valence-corrected chi connectivity index (χ1v) is 5.47. The molecule has 0 unspecified atom stereocenters. The van der Waals surface area contributed by atoms with Crippen LogP contribution in [0.25, 0.3) is 0 Å². The van der Waals surface area contributed by atoms with Gasteiger partial charge in [0.2, 0.25) is 0 Å². The smallest absolute Gasteiger partial charge is 0.127 e. The minimum atomic E-state index is -4.65. The van der Waals surface area contributed by atoms with Crippen molar-refractivity contribution in [3.05, 3.63) is 27.2 Å². The lowest BCUT2D eigenvalue weighted by Gasteiger charge is -2.10. The van der Waals surface area contributed by atoms with Crippen LogP contribution in [0.4, 0.5) is 0 Å². The highest BCUT2D eigenvalue weighted by atomic mass is 35.5. The Labute approximate surface area is 90.0 Å². The predicted octanol–water partition coefficient (Wildman–Crippen LogP) is 2.55. The van der Waals surface area contributed by atoms with Gasteiger partial charge in [0.25, 0.3) is 0 Å². The van der Waals surface area contributed by atoms with Gasteiger partial charge >= 0.3 is 0 Å². The average molecular weight is 261 g/mol. The molecule has 0 fully saturated rings. The van der Waals surface area contributed by atoms with Crippen LogP contribution in [-0.2, 0) is 10.1 Å². The highest BCUT2D eigenvalue weighted by Gasteiger charge is 2.13. The predicted molar refractivity (Wildman–Crippen MR) is 49.4 cm³/mol. The topological polar surface area (TPSA) is 57.2 Å². The molecule has 1 aromatic carbocycles. The molecule has 0 saturated heterocycles. The Kier molecular flexibility index (Phi) is 3.09. The average Bonchev–Trinajstić information content (AvgIpc) is 1.78. The monoisotopic (exact) mass is 259 g/mol. The SMILES string of the molecule is O=S(=O)([O-])c1c(Cl)cc(Cl)cc1Cl. The van der Waals surface area contributed by atoms with Crippen molar-refractivity contribution in [2.45, 2.75) is 4.90 Å². The lowest BCUT2D eigenvalue weighted by molar-refractivity contribution is 0.463. The van der Waals surface area contributed by atoms with Crippen LogP contribution in [-0.4, -0.2) is 13.0 Å². The van der Waals surface area contributed by atoms with E-state index in [1.807, 2.05) is 0 Å². The molecule has 0 heterocycles. The first-order valence-electron chi connectivity index (χ1n) is 2.93. The number of hydrogen-bond acceptors (Lipinski definition) is 3. The Balaban J connectivity index is 3.57. The third-order valence-corrected chi connectivity index (χ3v) is 3.19. The van der Waals surface area contributed by atoms with Crippen molar-refractivity contribution >= 4 is 44.9 Å². The Morgan fingerprint density at radius 2 is 1.46 bits per heavy atom. The Morgan fingerprint density at radius 3 is 1.77 bits per heavy atom. The first kappa shape index (κ1) is 11.1. The van der Waals surface area contributed by atoms with Crippen LogP contribution in [0.15, 0.2) is 17.0 Å². The molecule has 1 rings (SSSR count). The Hall–Kier alpha value is -0.000000000000000167. The van der Waals surface area contributed by atoms with Crippen molar-refractivity contribution in [2.75, 3.05) is 0 Å². The van der Waals surface area contributed by atoms with Gasteiger partial charge in [-0.3, -0.25) is 0 Å². The molecule has 1 aromatic rings. The Morgan fingerprint density at radius 1 is 1.08 bits per heavy atom. The second-order valence-corrected chi connectivity index (χ2v) is 4.72. The summed E-state index contributed by atoms with van der Waals surface area (Å²) in [6.07, 6.45) is 0. The van der Waals surface area contributed by atoms with E-state index in [0.29, 0.717) is 0 Å². The third kappa shape index (κ3) is 2.48. The molecule has 0 aliphatic rings. The van der Waals surface area contributed by atoms with Crippen LogP contribution >= 0.6 is 34.8 Å². The summed E-state index contributed by atoms with van der Waals surface area (Å²) >= 11 is 16.4. The fourth-order valence-corrected chi connectivity index (χ4v) is 2.75. The molecule has 0 aliphatic carbocycles. The molecule has 0 saturated carbocycles. The second kappa shape index (κ2) is 3.63. The largest absolute Gasteiger partial charge is 0.744 e. The molecule has 0 amide bonds. The summed E-state index contributed by atoms with van der Waals surface area (Å²) in [5.41, 5.74) is 0. The summed E-state index contributed by atoms with van der Waals surface area (Å²) < 4.78 is 31.9. The van der Waals surface area contributed by atoms with E-state index in [0.717, 1.165) is 12.1 Å². The Bertz CT molecular complexity index is 417. The molecule has 7 heteroatoms. The molecule has 0 spiro atoms. The highest BCUT2D eigenvalue weighted by Crippen LogP contribution is 2.32. The summed E-state index contributed by atoms with van der Waals surface area (Å²) in [6.45, 7) is 0. The van der Waals surface area contributed by atoms with Gasteiger partial charge in [-0.05, 0) is 12.1 Å². The van der Waals surface area contributed by atoms with Crippen molar-refractivity contribution in [3.8, 4) is 0 Å². The van der Waals surface area contributed by atoms with Crippen molar-refractivity contribution < 1.29 is 13.0 Å². The zero-order chi connectivity index (χ0) is 10.2. The summed E-state index contributed by atoms with van der Waals surface area (Å²) in [6, 6.07) is 2.28. The van der Waals surface area contributed by atoms with Crippen LogP contribution in [0.1, 0.15) is 0 Å². The normalized spacial score (nSPS) is 11.7. The van der Waals surface area contributed by atoms with Gasteiger partial charge in [-0.15, -0.1) is 0 Å². The first-order chi connectivity index (χ1) is 5.82. The quantitative estimate of drug-likeness (QED) is 0.729. The van der Waals surface area contributed by atoms with Gasteiger partial charge in [-0.1, -0.05) is 34.8 Å². The maximum atomic E-state index is 10.6. The van der Waals surface area contributed by atoms with Crippen LogP contribution in [0.3, 0.4) is 0 Å². The second-order valence-electron chi connectivity index (χ2n) is 2.15. The maximum Gasteiger partial charge on any atom is 0.127 e. The van der Waals surface area contributed by atoms with Gasteiger partial charge in [0, 0.05) is 5.02 Å². The molecule has 0 radical (unpaired) electrons. The van der Waals surface area contributed by atoms with Crippen molar-refractivity contribution in [1.29, 1.82) is 0 Å². The zero-order valence-corrected chi connectivity index (χ0v) is 9.01. The van der Waals surface area contributed by atoms with E-state index < -0.39 is 15.0 Å². The fourth-order valence-electron chi connectivity index (χ4n) is 0.768. The summed E-state index contributed by atoms with van der Waals surface area (Å²) in [4.78, 5) is -0.639. The van der Waals surface area contributed by atoms with E-state index in [9.17, 15) is 13.0 Å². The lowest BCUT2D eigenvalue weighted by atomic mass is 10.4. The van der Waals surface area contributed by atoms with E-state index in [4.69, 9.17) is 34.8 Å². The fraction of sp³-hybridized carbons (Fsp3) is 0. The molecular weight excluding hydrogens is 258 g/mol. The third-order valence-electron chi connectivity index (χ3n) is 1.21. The summed E-state index contributed by atoms with van der Waals surface area (Å²) in [5, 5.41) is -0.373. The molecule has 0 atom stereocenters. The molecular formula is C6H2Cl3O3S-. The maximum absolute atomic E-state index is 10.6. The van der Waals surface area contributed by atoms with Crippen LogP contribution in [0.2, 0.25) is 15.1 Å². The molecule has 13 heavy (non-hydrogen) atoms. The molecule has 0 aromatic heterocycles. The van der Waals surface area contributed by atoms with Gasteiger partial charge in [0.1, 0.15) is 10.1 Å². The van der Waals surface area contributed by atoms with Crippen molar-refractivity contribution in [3.63, 3.8) is 0 Å². The van der Waals surface area contributed by atoms with Crippen LogP contribution in [0, 0.1) is 0 Å². The minimum absolute atomic E-state index is 0.169. The lowest BCUT2D eigenvalue weighted by Crippen LogP contribution is -2.00. The van der Waals surface area contributed by atoms with E-state index in [-0.39, 0.29) is 15.1 Å². The number of hydrogen-bond donors (Lipinski definition) is 0. The van der Waals surface area contributed by atoms with Gasteiger partial charge in [-0.2, -0.15) is 0 Å². The van der Waals surface area contributed by atoms with E-state index in [2.05, 4.69) is 0 Å². The standard InChI is InChI=1S/C6H3Cl3O3S/c7-3-1-4(8)6(5(9)2-3)13(10,11)12/h1-2H,(H,10,11,12)/p-1. The highest BCUT2D eigenvalue weighted by molar-refractivity contribution is 7.86. The van der Waals surface area contributed by atoms with Gasteiger partial charge in [-0.25, -0.2) is 8.42 Å². The molecule has 0 bridgehead atoms. The minimum Gasteiger partial charge on any atom is -0.744 e. The van der Waals surface area contributed by atoms with Gasteiger partial charge in [0.15, 0.2) is 0 Å². The van der Waals surface area contributed by atoms with Crippen molar-refractivity contribution in [2.24, 2.45) is 0 Å². The molecule has 3 nitrogen and oxygen atoms in total. The zero-order valence-electron chi connectivity index (χ0n) is 5.92. The van der Waals surface area contributed by atoms with E-state index >= 15 is 0 Å². The number of benzene rings is 1. The number of rotatable bonds is 1. The number of halogens is 3. The van der Waals surface area contributed by atoms with Gasteiger partial charge in [0.05, 0.1) is 14.9 Å². The van der Waals surface area contributed by atoms with Crippen LogP contribution in [0.5, 0.6) is 0 Å². The van der Waals surface area contributed by atoms with Gasteiger partial charge < -0.3 is 4.55 Å². The molecule has 72 valence electrons. The van der Waals surface area contributed by atoms with E-state index in [1.165, 1.54) is 0 Å². The summed E-state index contributed by atoms with van der Waals surface area (Å²) in [5.74, 6) is 0. The van der Waals surface area contributed by atoms with Crippen molar-refractivity contribution in [1.82, 2.24) is 0 Å². The molecule has 0 aliphatic heterocycles. The molecule has 0 N–H and O–H groups in total. The summed E-state index contributed by atoms with van der Waals surface area (Å²) in [7, 11) is -4.65. The van der Waals surface area contributed by atoms with E-state index in [1.54, 1.807) is 0 Å².